The van der Waals surface area contributed by atoms with E-state index in [2.05, 4.69) is 41.5 Å². The minimum atomic E-state index is -0.0380. The minimum Gasteiger partial charge on any atom is -0.325 e. The Morgan fingerprint density at radius 2 is 1.36 bits per heavy atom. The molecular weight excluding hydrogens is 134 g/mol. The Hall–Kier alpha value is -0.0400. The summed E-state index contributed by atoms with van der Waals surface area (Å²) in [4.78, 5) is 0. The van der Waals surface area contributed by atoms with Gasteiger partial charge in [0.25, 0.3) is 0 Å². The highest BCUT2D eigenvalue weighted by molar-refractivity contribution is 4.83. The van der Waals surface area contributed by atoms with Crippen molar-refractivity contribution in [3.8, 4) is 0 Å². The van der Waals surface area contributed by atoms with Crippen LogP contribution >= 0.6 is 0 Å². The standard InChI is InChI=1S/C10H23N/c1-7(2)8(3)9(4)10(5,6)11/h7-9H,11H2,1-6H3. The van der Waals surface area contributed by atoms with Crippen molar-refractivity contribution in [1.82, 2.24) is 0 Å². The Kier molecular flexibility index (Phi) is 3.56. The van der Waals surface area contributed by atoms with E-state index in [0.717, 1.165) is 5.92 Å². The third-order valence-electron chi connectivity index (χ3n) is 3.01. The van der Waals surface area contributed by atoms with Crippen LogP contribution in [0.4, 0.5) is 0 Å². The average molecular weight is 157 g/mol. The highest BCUT2D eigenvalue weighted by Crippen LogP contribution is 2.27. The van der Waals surface area contributed by atoms with Gasteiger partial charge in [-0.2, -0.15) is 0 Å². The maximum Gasteiger partial charge on any atom is 0.0125 e. The van der Waals surface area contributed by atoms with Crippen molar-refractivity contribution in [2.45, 2.75) is 47.1 Å². The van der Waals surface area contributed by atoms with Gasteiger partial charge in [0, 0.05) is 5.54 Å². The van der Waals surface area contributed by atoms with E-state index in [9.17, 15) is 0 Å². The van der Waals surface area contributed by atoms with Crippen molar-refractivity contribution in [2.24, 2.45) is 23.5 Å². The molecule has 68 valence electrons. The van der Waals surface area contributed by atoms with Gasteiger partial charge in [-0.05, 0) is 31.6 Å². The lowest BCUT2D eigenvalue weighted by Gasteiger charge is -2.34. The number of nitrogens with two attached hydrogens (primary N) is 1. The number of hydrogen-bond acceptors (Lipinski definition) is 1. The lowest BCUT2D eigenvalue weighted by molar-refractivity contribution is 0.204. The van der Waals surface area contributed by atoms with E-state index in [1.54, 1.807) is 0 Å². The third-order valence-corrected chi connectivity index (χ3v) is 3.01. The van der Waals surface area contributed by atoms with Crippen molar-refractivity contribution in [3.05, 3.63) is 0 Å². The van der Waals surface area contributed by atoms with Crippen LogP contribution in [0.2, 0.25) is 0 Å². The van der Waals surface area contributed by atoms with Gasteiger partial charge in [-0.3, -0.25) is 0 Å². The monoisotopic (exact) mass is 157 g/mol. The van der Waals surface area contributed by atoms with E-state index in [-0.39, 0.29) is 5.54 Å². The molecule has 0 radical (unpaired) electrons. The number of hydrogen-bond donors (Lipinski definition) is 1. The fourth-order valence-electron chi connectivity index (χ4n) is 1.25. The van der Waals surface area contributed by atoms with Crippen LogP contribution in [0.15, 0.2) is 0 Å². The fraction of sp³-hybridized carbons (Fsp3) is 1.00. The van der Waals surface area contributed by atoms with Gasteiger partial charge >= 0.3 is 0 Å². The van der Waals surface area contributed by atoms with Crippen LogP contribution in [0.3, 0.4) is 0 Å². The molecule has 0 aromatic heterocycles. The molecule has 1 heteroatoms. The lowest BCUT2D eigenvalue weighted by atomic mass is 9.76. The maximum absolute atomic E-state index is 6.02. The first kappa shape index (κ1) is 11.0. The summed E-state index contributed by atoms with van der Waals surface area (Å²) in [5.74, 6) is 2.02. The summed E-state index contributed by atoms with van der Waals surface area (Å²) >= 11 is 0. The molecule has 0 fully saturated rings. The molecule has 0 rings (SSSR count). The Bertz CT molecular complexity index is 111. The van der Waals surface area contributed by atoms with E-state index >= 15 is 0 Å². The molecule has 0 saturated carbocycles. The van der Waals surface area contributed by atoms with Crippen LogP contribution in [0.5, 0.6) is 0 Å². The summed E-state index contributed by atoms with van der Waals surface area (Å²) in [5.41, 5.74) is 5.98. The Labute approximate surface area is 71.4 Å². The van der Waals surface area contributed by atoms with Crippen LogP contribution in [0.25, 0.3) is 0 Å². The smallest absolute Gasteiger partial charge is 0.0125 e. The first-order chi connectivity index (χ1) is 4.76. The SMILES string of the molecule is CC(C)C(C)C(C)C(C)(C)N. The van der Waals surface area contributed by atoms with E-state index in [1.807, 2.05) is 0 Å². The van der Waals surface area contributed by atoms with Gasteiger partial charge < -0.3 is 5.73 Å². The van der Waals surface area contributed by atoms with Gasteiger partial charge in [-0.1, -0.05) is 27.7 Å². The summed E-state index contributed by atoms with van der Waals surface area (Å²) in [6, 6.07) is 0. The zero-order valence-electron chi connectivity index (χ0n) is 8.81. The summed E-state index contributed by atoms with van der Waals surface area (Å²) in [6.45, 7) is 13.3. The molecule has 0 heterocycles. The van der Waals surface area contributed by atoms with Crippen molar-refractivity contribution < 1.29 is 0 Å². The van der Waals surface area contributed by atoms with Crippen molar-refractivity contribution in [1.29, 1.82) is 0 Å². The van der Waals surface area contributed by atoms with Gasteiger partial charge in [0.15, 0.2) is 0 Å². The zero-order chi connectivity index (χ0) is 9.23. The van der Waals surface area contributed by atoms with Crippen LogP contribution in [0.1, 0.15) is 41.5 Å². The molecule has 0 saturated heterocycles. The van der Waals surface area contributed by atoms with Crippen LogP contribution in [0, 0.1) is 17.8 Å². The molecule has 0 aliphatic carbocycles. The molecule has 2 unspecified atom stereocenters. The average Bonchev–Trinajstić information content (AvgIpc) is 1.82. The topological polar surface area (TPSA) is 26.0 Å². The Balaban J connectivity index is 4.13. The summed E-state index contributed by atoms with van der Waals surface area (Å²) in [5, 5.41) is 0. The predicted octanol–water partition coefficient (Wildman–Crippen LogP) is 2.65. The first-order valence-electron chi connectivity index (χ1n) is 4.55. The first-order valence-corrected chi connectivity index (χ1v) is 4.55. The normalized spacial score (nSPS) is 18.5. The highest BCUT2D eigenvalue weighted by atomic mass is 14.7. The van der Waals surface area contributed by atoms with Crippen LogP contribution in [-0.4, -0.2) is 5.54 Å². The molecule has 0 aliphatic rings. The van der Waals surface area contributed by atoms with Gasteiger partial charge in [0.1, 0.15) is 0 Å². The van der Waals surface area contributed by atoms with Gasteiger partial charge in [-0.25, -0.2) is 0 Å². The van der Waals surface area contributed by atoms with Crippen molar-refractivity contribution in [2.75, 3.05) is 0 Å². The molecule has 0 aromatic rings. The second-order valence-electron chi connectivity index (χ2n) is 4.71. The molecule has 0 spiro atoms. The second kappa shape index (κ2) is 3.57. The predicted molar refractivity (Wildman–Crippen MR) is 51.4 cm³/mol. The van der Waals surface area contributed by atoms with Crippen LogP contribution in [-0.2, 0) is 0 Å². The summed E-state index contributed by atoms with van der Waals surface area (Å²) in [7, 11) is 0. The molecule has 11 heavy (non-hydrogen) atoms. The minimum absolute atomic E-state index is 0.0380. The molecule has 0 bridgehead atoms. The van der Waals surface area contributed by atoms with Crippen LogP contribution < -0.4 is 5.73 Å². The van der Waals surface area contributed by atoms with Crippen molar-refractivity contribution >= 4 is 0 Å². The van der Waals surface area contributed by atoms with Gasteiger partial charge in [0.05, 0.1) is 0 Å². The van der Waals surface area contributed by atoms with Gasteiger partial charge in [-0.15, -0.1) is 0 Å². The quantitative estimate of drug-likeness (QED) is 0.669. The van der Waals surface area contributed by atoms with E-state index in [1.165, 1.54) is 0 Å². The molecule has 2 N–H and O–H groups in total. The zero-order valence-corrected chi connectivity index (χ0v) is 8.81. The molecule has 1 nitrogen and oxygen atoms in total. The molecular formula is C10H23N. The molecule has 0 amide bonds. The molecule has 0 aromatic carbocycles. The lowest BCUT2D eigenvalue weighted by Crippen LogP contribution is -2.43. The largest absolute Gasteiger partial charge is 0.325 e. The Morgan fingerprint density at radius 3 is 1.45 bits per heavy atom. The Morgan fingerprint density at radius 1 is 1.00 bits per heavy atom. The van der Waals surface area contributed by atoms with Gasteiger partial charge in [0.2, 0.25) is 0 Å². The third kappa shape index (κ3) is 3.24. The fourth-order valence-corrected chi connectivity index (χ4v) is 1.25. The van der Waals surface area contributed by atoms with E-state index in [4.69, 9.17) is 5.73 Å². The molecule has 0 aliphatic heterocycles. The summed E-state index contributed by atoms with van der Waals surface area (Å²) < 4.78 is 0. The maximum atomic E-state index is 6.02. The van der Waals surface area contributed by atoms with Crippen molar-refractivity contribution in [3.63, 3.8) is 0 Å². The van der Waals surface area contributed by atoms with E-state index < -0.39 is 0 Å². The second-order valence-corrected chi connectivity index (χ2v) is 4.71. The highest BCUT2D eigenvalue weighted by Gasteiger charge is 2.27. The summed E-state index contributed by atoms with van der Waals surface area (Å²) in [6.07, 6.45) is 0. The van der Waals surface area contributed by atoms with E-state index in [0.29, 0.717) is 11.8 Å². The molecule has 2 atom stereocenters. The number of rotatable bonds is 3.